The number of ether oxygens (including phenoxy) is 1. The Morgan fingerprint density at radius 3 is 2.67 bits per heavy atom. The first-order valence-electron chi connectivity index (χ1n) is 5.20. The summed E-state index contributed by atoms with van der Waals surface area (Å²) in [6.07, 6.45) is 1.48. The Labute approximate surface area is 97.4 Å². The minimum absolute atomic E-state index is 0. The van der Waals surface area contributed by atoms with Crippen LogP contribution in [0.4, 0.5) is 0 Å². The number of hydrogen-bond donors (Lipinski definition) is 1. The van der Waals surface area contributed by atoms with Gasteiger partial charge in [-0.2, -0.15) is 0 Å². The van der Waals surface area contributed by atoms with Crippen LogP contribution >= 0.6 is 12.4 Å². The first kappa shape index (κ1) is 12.3. The summed E-state index contributed by atoms with van der Waals surface area (Å²) < 4.78 is 5.85. The van der Waals surface area contributed by atoms with Gasteiger partial charge in [-0.3, -0.25) is 0 Å². The van der Waals surface area contributed by atoms with E-state index in [1.165, 1.54) is 11.1 Å². The Bertz CT molecular complexity index is 321. The molecule has 1 fully saturated rings. The molecule has 1 atom stereocenters. The van der Waals surface area contributed by atoms with Crippen LogP contribution in [0.25, 0.3) is 0 Å². The van der Waals surface area contributed by atoms with Crippen molar-refractivity contribution in [2.75, 3.05) is 13.1 Å². The molecule has 1 aliphatic heterocycles. The van der Waals surface area contributed by atoms with Gasteiger partial charge < -0.3 is 10.1 Å². The second kappa shape index (κ2) is 5.38. The van der Waals surface area contributed by atoms with Gasteiger partial charge in [-0.05, 0) is 50.1 Å². The van der Waals surface area contributed by atoms with Crippen LogP contribution in [0.2, 0.25) is 0 Å². The normalized spacial score (nSPS) is 19.7. The summed E-state index contributed by atoms with van der Waals surface area (Å²) in [5, 5.41) is 3.29. The summed E-state index contributed by atoms with van der Waals surface area (Å²) in [4.78, 5) is 0. The molecule has 2 rings (SSSR count). The fourth-order valence-electron chi connectivity index (χ4n) is 1.71. The lowest BCUT2D eigenvalue weighted by molar-refractivity contribution is 0.223. The highest BCUT2D eigenvalue weighted by Crippen LogP contribution is 2.19. The minimum atomic E-state index is 0. The Kier molecular flexibility index (Phi) is 4.43. The molecule has 0 aromatic heterocycles. The summed E-state index contributed by atoms with van der Waals surface area (Å²) in [6, 6.07) is 6.29. The summed E-state index contributed by atoms with van der Waals surface area (Å²) in [7, 11) is 0. The second-order valence-electron chi connectivity index (χ2n) is 3.98. The van der Waals surface area contributed by atoms with Crippen molar-refractivity contribution in [2.24, 2.45) is 0 Å². The van der Waals surface area contributed by atoms with E-state index in [4.69, 9.17) is 4.74 Å². The zero-order chi connectivity index (χ0) is 9.97. The molecule has 1 saturated heterocycles. The number of benzene rings is 1. The third-order valence-corrected chi connectivity index (χ3v) is 2.80. The Morgan fingerprint density at radius 2 is 2.07 bits per heavy atom. The van der Waals surface area contributed by atoms with Gasteiger partial charge in [0, 0.05) is 6.54 Å². The van der Waals surface area contributed by atoms with Crippen molar-refractivity contribution in [3.05, 3.63) is 29.3 Å². The maximum Gasteiger partial charge on any atom is 0.120 e. The summed E-state index contributed by atoms with van der Waals surface area (Å²) in [5.41, 5.74) is 2.62. The van der Waals surface area contributed by atoms with Crippen molar-refractivity contribution in [3.63, 3.8) is 0 Å². The molecule has 0 amide bonds. The molecule has 1 aliphatic rings. The Balaban J connectivity index is 0.00000112. The van der Waals surface area contributed by atoms with Crippen LogP contribution in [0.3, 0.4) is 0 Å². The van der Waals surface area contributed by atoms with Crippen LogP contribution in [-0.4, -0.2) is 19.2 Å². The van der Waals surface area contributed by atoms with Crippen molar-refractivity contribution in [2.45, 2.75) is 26.4 Å². The fourth-order valence-corrected chi connectivity index (χ4v) is 1.71. The van der Waals surface area contributed by atoms with Gasteiger partial charge in [0.1, 0.15) is 11.9 Å². The predicted octanol–water partition coefficient (Wildman–Crippen LogP) is 2.47. The van der Waals surface area contributed by atoms with Crippen molar-refractivity contribution >= 4 is 12.4 Å². The lowest BCUT2D eigenvalue weighted by Crippen LogP contribution is -2.19. The molecule has 2 nitrogen and oxygen atoms in total. The molecular formula is C12H18ClNO. The summed E-state index contributed by atoms with van der Waals surface area (Å²) in [6.45, 7) is 6.30. The van der Waals surface area contributed by atoms with Gasteiger partial charge in [-0.25, -0.2) is 0 Å². The highest BCUT2D eigenvalue weighted by Gasteiger charge is 2.15. The zero-order valence-corrected chi connectivity index (χ0v) is 10.1. The molecule has 1 N–H and O–H groups in total. The maximum absolute atomic E-state index is 5.85. The van der Waals surface area contributed by atoms with Crippen LogP contribution in [0, 0.1) is 13.8 Å². The van der Waals surface area contributed by atoms with Gasteiger partial charge in [-0.1, -0.05) is 6.07 Å². The van der Waals surface area contributed by atoms with Gasteiger partial charge >= 0.3 is 0 Å². The van der Waals surface area contributed by atoms with E-state index in [2.05, 4.69) is 37.4 Å². The average Bonchev–Trinajstić information content (AvgIpc) is 2.64. The first-order chi connectivity index (χ1) is 6.75. The van der Waals surface area contributed by atoms with Crippen molar-refractivity contribution in [3.8, 4) is 5.75 Å². The van der Waals surface area contributed by atoms with E-state index in [1.54, 1.807) is 0 Å². The van der Waals surface area contributed by atoms with E-state index in [0.29, 0.717) is 6.10 Å². The molecule has 84 valence electrons. The van der Waals surface area contributed by atoms with Crippen LogP contribution in [0.15, 0.2) is 18.2 Å². The molecule has 0 bridgehead atoms. The second-order valence-corrected chi connectivity index (χ2v) is 3.98. The van der Waals surface area contributed by atoms with Crippen LogP contribution in [0.1, 0.15) is 17.5 Å². The highest BCUT2D eigenvalue weighted by atomic mass is 35.5. The molecule has 3 heteroatoms. The monoisotopic (exact) mass is 227 g/mol. The van der Waals surface area contributed by atoms with Gasteiger partial charge in [0.25, 0.3) is 0 Å². The quantitative estimate of drug-likeness (QED) is 0.838. The largest absolute Gasteiger partial charge is 0.489 e. The summed E-state index contributed by atoms with van der Waals surface area (Å²) in [5.74, 6) is 1.00. The Morgan fingerprint density at radius 1 is 1.27 bits per heavy atom. The van der Waals surface area contributed by atoms with Gasteiger partial charge in [0.15, 0.2) is 0 Å². The van der Waals surface area contributed by atoms with E-state index < -0.39 is 0 Å². The molecule has 0 spiro atoms. The minimum Gasteiger partial charge on any atom is -0.489 e. The molecule has 1 aromatic carbocycles. The molecule has 1 unspecified atom stereocenters. The van der Waals surface area contributed by atoms with Gasteiger partial charge in [-0.15, -0.1) is 12.4 Å². The third-order valence-electron chi connectivity index (χ3n) is 2.80. The number of halogens is 1. The molecule has 0 radical (unpaired) electrons. The molecule has 15 heavy (non-hydrogen) atoms. The number of hydrogen-bond acceptors (Lipinski definition) is 2. The third kappa shape index (κ3) is 3.11. The summed E-state index contributed by atoms with van der Waals surface area (Å²) >= 11 is 0. The lowest BCUT2D eigenvalue weighted by atomic mass is 10.1. The topological polar surface area (TPSA) is 21.3 Å². The van der Waals surface area contributed by atoms with E-state index >= 15 is 0 Å². The molecule has 0 saturated carbocycles. The lowest BCUT2D eigenvalue weighted by Gasteiger charge is -2.13. The van der Waals surface area contributed by atoms with Crippen molar-refractivity contribution in [1.82, 2.24) is 5.32 Å². The van der Waals surface area contributed by atoms with E-state index in [1.807, 2.05) is 0 Å². The van der Waals surface area contributed by atoms with Gasteiger partial charge in [0.05, 0.1) is 0 Å². The first-order valence-corrected chi connectivity index (χ1v) is 5.20. The van der Waals surface area contributed by atoms with Gasteiger partial charge in [0.2, 0.25) is 0 Å². The molecule has 0 aliphatic carbocycles. The van der Waals surface area contributed by atoms with Crippen molar-refractivity contribution < 1.29 is 4.74 Å². The zero-order valence-electron chi connectivity index (χ0n) is 9.25. The number of aryl methyl sites for hydroxylation is 2. The van der Waals surface area contributed by atoms with E-state index in [9.17, 15) is 0 Å². The van der Waals surface area contributed by atoms with E-state index in [-0.39, 0.29) is 12.4 Å². The van der Waals surface area contributed by atoms with E-state index in [0.717, 1.165) is 25.3 Å². The Hall–Kier alpha value is -0.730. The highest BCUT2D eigenvalue weighted by molar-refractivity contribution is 5.85. The fraction of sp³-hybridized carbons (Fsp3) is 0.500. The van der Waals surface area contributed by atoms with Crippen LogP contribution < -0.4 is 10.1 Å². The van der Waals surface area contributed by atoms with Crippen LogP contribution in [0.5, 0.6) is 5.75 Å². The smallest absolute Gasteiger partial charge is 0.120 e. The predicted molar refractivity (Wildman–Crippen MR) is 65.1 cm³/mol. The van der Waals surface area contributed by atoms with Crippen LogP contribution in [-0.2, 0) is 0 Å². The maximum atomic E-state index is 5.85. The standard InChI is InChI=1S/C12H17NO.ClH/c1-9-3-4-11(7-10(9)2)14-12-5-6-13-8-12;/h3-4,7,12-13H,5-6,8H2,1-2H3;1H. The SMILES string of the molecule is Cc1ccc(OC2CCNC2)cc1C.Cl. The molecule has 1 heterocycles. The average molecular weight is 228 g/mol. The number of nitrogens with one attached hydrogen (secondary N) is 1. The number of rotatable bonds is 2. The molecule has 1 aromatic rings. The van der Waals surface area contributed by atoms with Crippen molar-refractivity contribution in [1.29, 1.82) is 0 Å². The molecular weight excluding hydrogens is 210 g/mol.